The topological polar surface area (TPSA) is 79.2 Å². The van der Waals surface area contributed by atoms with Gasteiger partial charge in [-0.2, -0.15) is 5.26 Å². The number of ether oxygens (including phenoxy) is 1. The molecule has 21 heavy (non-hydrogen) atoms. The van der Waals surface area contributed by atoms with E-state index in [1.807, 2.05) is 19.9 Å². The predicted octanol–water partition coefficient (Wildman–Crippen LogP) is 2.70. The molecule has 7 heteroatoms. The minimum atomic E-state index is -3.70. The summed E-state index contributed by atoms with van der Waals surface area (Å²) in [5, 5.41) is 8.92. The summed E-state index contributed by atoms with van der Waals surface area (Å²) in [6.07, 6.45) is 1.61. The van der Waals surface area contributed by atoms with E-state index in [0.717, 1.165) is 6.42 Å². The monoisotopic (exact) mass is 330 g/mol. The Balaban J connectivity index is 2.56. The second-order valence-electron chi connectivity index (χ2n) is 4.78. The van der Waals surface area contributed by atoms with Crippen molar-refractivity contribution in [1.29, 1.82) is 5.26 Å². The van der Waals surface area contributed by atoms with Crippen molar-refractivity contribution in [2.24, 2.45) is 0 Å². The average Bonchev–Trinajstić information content (AvgIpc) is 2.42. The van der Waals surface area contributed by atoms with Gasteiger partial charge in [-0.1, -0.05) is 11.6 Å². The fourth-order valence-corrected chi connectivity index (χ4v) is 3.21. The smallest absolute Gasteiger partial charge is 0.242 e. The molecule has 1 N–H and O–H groups in total. The van der Waals surface area contributed by atoms with E-state index >= 15 is 0 Å². The largest absolute Gasteiger partial charge is 0.379 e. The molecule has 1 aromatic rings. The predicted molar refractivity (Wildman–Crippen MR) is 81.7 cm³/mol. The van der Waals surface area contributed by atoms with Gasteiger partial charge in [0.2, 0.25) is 10.0 Å². The third-order valence-corrected chi connectivity index (χ3v) is 4.61. The van der Waals surface area contributed by atoms with Crippen molar-refractivity contribution < 1.29 is 13.2 Å². The van der Waals surface area contributed by atoms with Crippen LogP contribution in [0.25, 0.3) is 0 Å². The lowest BCUT2D eigenvalue weighted by Gasteiger charge is -2.09. The lowest BCUT2D eigenvalue weighted by Crippen LogP contribution is -2.25. The van der Waals surface area contributed by atoms with Crippen LogP contribution in [0, 0.1) is 11.3 Å². The number of halogens is 1. The highest BCUT2D eigenvalue weighted by Crippen LogP contribution is 2.22. The maximum absolute atomic E-state index is 12.1. The number of sulfonamides is 1. The fraction of sp³-hybridized carbons (Fsp3) is 0.500. The standard InChI is InChI=1S/C14H19ClN2O3S/c1-11(2)20-8-4-3-7-17-21(18,19)14-9-12(10-16)5-6-13(14)15/h5-6,9,11,17H,3-4,7-8H2,1-2H3. The molecule has 0 fully saturated rings. The average molecular weight is 331 g/mol. The van der Waals surface area contributed by atoms with Crippen LogP contribution in [0.4, 0.5) is 0 Å². The molecule has 5 nitrogen and oxygen atoms in total. The van der Waals surface area contributed by atoms with Crippen molar-refractivity contribution in [1.82, 2.24) is 4.72 Å². The summed E-state index contributed by atoms with van der Waals surface area (Å²) in [5.41, 5.74) is 0.255. The molecule has 0 aromatic heterocycles. The summed E-state index contributed by atoms with van der Waals surface area (Å²) in [4.78, 5) is -0.0679. The molecule has 1 rings (SSSR count). The minimum Gasteiger partial charge on any atom is -0.379 e. The molecule has 0 bridgehead atoms. The number of nitriles is 1. The Morgan fingerprint density at radius 1 is 1.38 bits per heavy atom. The first-order valence-corrected chi connectivity index (χ1v) is 8.54. The minimum absolute atomic E-state index is 0.0679. The molecule has 0 radical (unpaired) electrons. The third kappa shape index (κ3) is 6.02. The zero-order valence-corrected chi connectivity index (χ0v) is 13.7. The first-order valence-electron chi connectivity index (χ1n) is 6.67. The van der Waals surface area contributed by atoms with E-state index in [1.165, 1.54) is 18.2 Å². The van der Waals surface area contributed by atoms with Crippen molar-refractivity contribution in [3.63, 3.8) is 0 Å². The van der Waals surface area contributed by atoms with Crippen molar-refractivity contribution in [3.05, 3.63) is 28.8 Å². The third-order valence-electron chi connectivity index (χ3n) is 2.66. The van der Waals surface area contributed by atoms with Crippen LogP contribution in [0.5, 0.6) is 0 Å². The van der Waals surface area contributed by atoms with E-state index in [0.29, 0.717) is 19.6 Å². The molecular formula is C14H19ClN2O3S. The Kier molecular flexibility index (Phi) is 7.12. The van der Waals surface area contributed by atoms with Gasteiger partial charge in [0.1, 0.15) is 4.90 Å². The molecule has 0 aliphatic heterocycles. The number of rotatable bonds is 8. The summed E-state index contributed by atoms with van der Waals surface area (Å²) in [7, 11) is -3.70. The molecule has 0 amide bonds. The summed E-state index contributed by atoms with van der Waals surface area (Å²) >= 11 is 5.89. The van der Waals surface area contributed by atoms with Crippen molar-refractivity contribution in [2.45, 2.75) is 37.7 Å². The molecule has 0 spiro atoms. The molecule has 0 saturated carbocycles. The van der Waals surface area contributed by atoms with Gasteiger partial charge in [0.05, 0.1) is 22.8 Å². The Hall–Kier alpha value is -1.13. The van der Waals surface area contributed by atoms with E-state index in [-0.39, 0.29) is 21.6 Å². The van der Waals surface area contributed by atoms with Gasteiger partial charge in [0.25, 0.3) is 0 Å². The zero-order valence-electron chi connectivity index (χ0n) is 12.1. The molecule has 1 aromatic carbocycles. The number of hydrogen-bond donors (Lipinski definition) is 1. The Labute approximate surface area is 130 Å². The van der Waals surface area contributed by atoms with Crippen LogP contribution in [-0.4, -0.2) is 27.7 Å². The number of nitrogens with zero attached hydrogens (tertiary/aromatic N) is 1. The quantitative estimate of drug-likeness (QED) is 0.743. The number of nitrogens with one attached hydrogen (secondary N) is 1. The highest BCUT2D eigenvalue weighted by Gasteiger charge is 2.17. The van der Waals surface area contributed by atoms with Crippen molar-refractivity contribution in [2.75, 3.05) is 13.2 Å². The first-order chi connectivity index (χ1) is 9.86. The maximum atomic E-state index is 12.1. The lowest BCUT2D eigenvalue weighted by atomic mass is 10.2. The highest BCUT2D eigenvalue weighted by atomic mass is 35.5. The van der Waals surface area contributed by atoms with Crippen LogP contribution in [0.15, 0.2) is 23.1 Å². The lowest BCUT2D eigenvalue weighted by molar-refractivity contribution is 0.0762. The molecule has 0 saturated heterocycles. The van der Waals surface area contributed by atoms with Gasteiger partial charge in [-0.25, -0.2) is 13.1 Å². The second-order valence-corrected chi connectivity index (χ2v) is 6.92. The summed E-state index contributed by atoms with van der Waals surface area (Å²) in [6, 6.07) is 6.05. The normalized spacial score (nSPS) is 11.6. The van der Waals surface area contributed by atoms with E-state index in [9.17, 15) is 8.42 Å². The van der Waals surface area contributed by atoms with Crippen LogP contribution in [0.3, 0.4) is 0 Å². The summed E-state index contributed by atoms with van der Waals surface area (Å²) < 4.78 is 32.1. The van der Waals surface area contributed by atoms with Gasteiger partial charge in [-0.15, -0.1) is 0 Å². The van der Waals surface area contributed by atoms with Crippen LogP contribution >= 0.6 is 11.6 Å². The molecule has 0 aliphatic rings. The van der Waals surface area contributed by atoms with E-state index in [4.69, 9.17) is 21.6 Å². The van der Waals surface area contributed by atoms with Gasteiger partial charge in [-0.3, -0.25) is 0 Å². The summed E-state index contributed by atoms with van der Waals surface area (Å²) in [5.74, 6) is 0. The highest BCUT2D eigenvalue weighted by molar-refractivity contribution is 7.89. The zero-order chi connectivity index (χ0) is 15.9. The Morgan fingerprint density at radius 2 is 2.10 bits per heavy atom. The number of unbranched alkanes of at least 4 members (excludes halogenated alkanes) is 1. The molecule has 0 atom stereocenters. The van der Waals surface area contributed by atoms with Crippen LogP contribution in [-0.2, 0) is 14.8 Å². The van der Waals surface area contributed by atoms with Gasteiger partial charge in [0, 0.05) is 13.2 Å². The van der Waals surface area contributed by atoms with Crippen LogP contribution < -0.4 is 4.72 Å². The molecule has 0 unspecified atom stereocenters. The van der Waals surface area contributed by atoms with E-state index in [2.05, 4.69) is 4.72 Å². The second kappa shape index (κ2) is 8.35. The maximum Gasteiger partial charge on any atom is 0.242 e. The Morgan fingerprint density at radius 3 is 2.71 bits per heavy atom. The fourth-order valence-electron chi connectivity index (χ4n) is 1.61. The van der Waals surface area contributed by atoms with Gasteiger partial charge in [0.15, 0.2) is 0 Å². The van der Waals surface area contributed by atoms with Crippen molar-refractivity contribution >= 4 is 21.6 Å². The van der Waals surface area contributed by atoms with Crippen LogP contribution in [0.2, 0.25) is 5.02 Å². The SMILES string of the molecule is CC(C)OCCCCNS(=O)(=O)c1cc(C#N)ccc1Cl. The summed E-state index contributed by atoms with van der Waals surface area (Å²) in [6.45, 7) is 4.81. The number of benzene rings is 1. The molecule has 0 heterocycles. The first kappa shape index (κ1) is 17.9. The van der Waals surface area contributed by atoms with Gasteiger partial charge < -0.3 is 4.74 Å². The van der Waals surface area contributed by atoms with Gasteiger partial charge >= 0.3 is 0 Å². The molecular weight excluding hydrogens is 312 g/mol. The van der Waals surface area contributed by atoms with Gasteiger partial charge in [-0.05, 0) is 44.9 Å². The van der Waals surface area contributed by atoms with Crippen molar-refractivity contribution in [3.8, 4) is 6.07 Å². The van der Waals surface area contributed by atoms with Crippen LogP contribution in [0.1, 0.15) is 32.3 Å². The number of hydrogen-bond acceptors (Lipinski definition) is 4. The molecule has 116 valence electrons. The van der Waals surface area contributed by atoms with E-state index < -0.39 is 10.0 Å². The Bertz CT molecular complexity index is 609. The van der Waals surface area contributed by atoms with E-state index in [1.54, 1.807) is 0 Å². The molecule has 0 aliphatic carbocycles.